The molecule has 1 aromatic heterocycles. The number of carbonyl (C=O) groups is 1. The Morgan fingerprint density at radius 3 is 2.81 bits per heavy atom. The van der Waals surface area contributed by atoms with Crippen LogP contribution in [0.1, 0.15) is 27.9 Å². The van der Waals surface area contributed by atoms with Gasteiger partial charge in [-0.15, -0.1) is 0 Å². The van der Waals surface area contributed by atoms with Crippen LogP contribution in [0, 0.1) is 31.0 Å². The molecule has 0 atom stereocenters. The van der Waals surface area contributed by atoms with E-state index in [4.69, 9.17) is 5.26 Å². The lowest BCUT2D eigenvalue weighted by Crippen LogP contribution is -2.23. The third-order valence-corrected chi connectivity index (χ3v) is 4.60. The molecule has 0 spiro atoms. The third-order valence-electron chi connectivity index (χ3n) is 4.60. The minimum absolute atomic E-state index is 0.233. The fourth-order valence-corrected chi connectivity index (χ4v) is 3.23. The number of amides is 1. The van der Waals surface area contributed by atoms with Crippen LogP contribution in [0.15, 0.2) is 42.5 Å². The summed E-state index contributed by atoms with van der Waals surface area (Å²) in [4.78, 5) is 15.2. The van der Waals surface area contributed by atoms with Crippen LogP contribution in [0.4, 0.5) is 4.39 Å². The number of nitrogens with one attached hydrogen (secondary N) is 2. The first-order valence-corrected chi connectivity index (χ1v) is 8.72. The van der Waals surface area contributed by atoms with Crippen LogP contribution in [0.25, 0.3) is 17.0 Å². The summed E-state index contributed by atoms with van der Waals surface area (Å²) >= 11 is 0. The van der Waals surface area contributed by atoms with Gasteiger partial charge in [0.2, 0.25) is 5.91 Å². The van der Waals surface area contributed by atoms with Crippen LogP contribution in [0.5, 0.6) is 0 Å². The molecule has 1 amide bonds. The maximum atomic E-state index is 14.0. The Kier molecular flexibility index (Phi) is 5.37. The molecule has 0 aliphatic heterocycles. The number of halogens is 1. The number of nitrogens with zero attached hydrogens (tertiary/aromatic N) is 1. The van der Waals surface area contributed by atoms with Crippen molar-refractivity contribution in [2.24, 2.45) is 0 Å². The van der Waals surface area contributed by atoms with E-state index in [0.29, 0.717) is 29.6 Å². The van der Waals surface area contributed by atoms with Crippen molar-refractivity contribution in [3.8, 4) is 6.07 Å². The van der Waals surface area contributed by atoms with Crippen molar-refractivity contribution in [3.63, 3.8) is 0 Å². The van der Waals surface area contributed by atoms with Gasteiger partial charge >= 0.3 is 0 Å². The van der Waals surface area contributed by atoms with E-state index in [2.05, 4.69) is 16.4 Å². The van der Waals surface area contributed by atoms with Gasteiger partial charge in [-0.25, -0.2) is 4.39 Å². The molecule has 0 aliphatic rings. The quantitative estimate of drug-likeness (QED) is 0.670. The topological polar surface area (TPSA) is 68.7 Å². The number of aryl methyl sites for hydroxylation is 2. The molecular formula is C22H20FN3O. The summed E-state index contributed by atoms with van der Waals surface area (Å²) in [7, 11) is 0. The summed E-state index contributed by atoms with van der Waals surface area (Å²) in [5.74, 6) is -0.504. The second-order valence-electron chi connectivity index (χ2n) is 6.42. The monoisotopic (exact) mass is 361 g/mol. The Hall–Kier alpha value is -3.39. The molecule has 0 saturated carbocycles. The van der Waals surface area contributed by atoms with Crippen LogP contribution in [0.2, 0.25) is 0 Å². The molecule has 1 heterocycles. The van der Waals surface area contributed by atoms with Gasteiger partial charge in [0, 0.05) is 23.7 Å². The standard InChI is InChI=1S/C22H20FN3O/c1-14-7-9-19(23)22-21(14)18(15(2)26-22)11-12-25-20(27)10-8-16-5-3-4-6-17(16)13-24/h3-10,26H,11-12H2,1-2H3,(H,25,27)/b10-8+. The number of rotatable bonds is 5. The van der Waals surface area contributed by atoms with Gasteiger partial charge in [-0.1, -0.05) is 24.3 Å². The zero-order chi connectivity index (χ0) is 19.4. The van der Waals surface area contributed by atoms with E-state index in [1.165, 1.54) is 12.1 Å². The van der Waals surface area contributed by atoms with Crippen molar-refractivity contribution in [2.45, 2.75) is 20.3 Å². The lowest BCUT2D eigenvalue weighted by atomic mass is 10.0. The molecule has 0 radical (unpaired) electrons. The van der Waals surface area contributed by atoms with E-state index in [9.17, 15) is 9.18 Å². The molecular weight excluding hydrogens is 341 g/mol. The summed E-state index contributed by atoms with van der Waals surface area (Å²) in [5.41, 5.74) is 4.67. The largest absolute Gasteiger partial charge is 0.356 e. The number of carbonyl (C=O) groups excluding carboxylic acids is 1. The van der Waals surface area contributed by atoms with Crippen LogP contribution in [0.3, 0.4) is 0 Å². The van der Waals surface area contributed by atoms with Crippen LogP contribution < -0.4 is 5.32 Å². The maximum absolute atomic E-state index is 14.0. The number of hydrogen-bond acceptors (Lipinski definition) is 2. The minimum Gasteiger partial charge on any atom is -0.356 e. The van der Waals surface area contributed by atoms with Gasteiger partial charge in [0.15, 0.2) is 0 Å². The maximum Gasteiger partial charge on any atom is 0.244 e. The smallest absolute Gasteiger partial charge is 0.244 e. The van der Waals surface area contributed by atoms with Gasteiger partial charge in [-0.05, 0) is 55.2 Å². The zero-order valence-electron chi connectivity index (χ0n) is 15.3. The summed E-state index contributed by atoms with van der Waals surface area (Å²) in [6.45, 7) is 4.30. The van der Waals surface area contributed by atoms with Crippen LogP contribution in [-0.2, 0) is 11.2 Å². The van der Waals surface area contributed by atoms with E-state index >= 15 is 0 Å². The zero-order valence-corrected chi connectivity index (χ0v) is 15.3. The van der Waals surface area contributed by atoms with Crippen molar-refractivity contribution < 1.29 is 9.18 Å². The molecule has 0 aliphatic carbocycles. The van der Waals surface area contributed by atoms with Gasteiger partial charge in [0.05, 0.1) is 17.1 Å². The van der Waals surface area contributed by atoms with Crippen LogP contribution >= 0.6 is 0 Å². The SMILES string of the molecule is Cc1[nH]c2c(F)ccc(C)c2c1CCNC(=O)/C=C/c1ccccc1C#N. The lowest BCUT2D eigenvalue weighted by molar-refractivity contribution is -0.116. The molecule has 0 unspecified atom stereocenters. The molecule has 0 saturated heterocycles. The van der Waals surface area contributed by atoms with Crippen LogP contribution in [-0.4, -0.2) is 17.4 Å². The van der Waals surface area contributed by atoms with Gasteiger partial charge in [-0.3, -0.25) is 4.79 Å². The van der Waals surface area contributed by atoms with Crippen molar-refractivity contribution in [3.05, 3.63) is 76.2 Å². The average molecular weight is 361 g/mol. The summed E-state index contributed by atoms with van der Waals surface area (Å²) in [6, 6.07) is 12.4. The normalized spacial score (nSPS) is 11.0. The molecule has 2 aromatic carbocycles. The highest BCUT2D eigenvalue weighted by atomic mass is 19.1. The van der Waals surface area contributed by atoms with Crippen molar-refractivity contribution in [1.82, 2.24) is 10.3 Å². The number of aromatic amines is 1. The molecule has 27 heavy (non-hydrogen) atoms. The summed E-state index contributed by atoms with van der Waals surface area (Å²) < 4.78 is 14.0. The Bertz CT molecular complexity index is 1070. The van der Waals surface area contributed by atoms with E-state index in [-0.39, 0.29) is 11.7 Å². The molecule has 136 valence electrons. The predicted octanol–water partition coefficient (Wildman–Crippen LogP) is 4.17. The Labute approximate surface area is 157 Å². The number of fused-ring (bicyclic) bond motifs is 1. The van der Waals surface area contributed by atoms with Crippen molar-refractivity contribution >= 4 is 22.9 Å². The molecule has 0 fully saturated rings. The number of benzene rings is 2. The molecule has 3 rings (SSSR count). The fraction of sp³-hybridized carbons (Fsp3) is 0.182. The van der Waals surface area contributed by atoms with Gasteiger partial charge < -0.3 is 10.3 Å². The van der Waals surface area contributed by atoms with E-state index < -0.39 is 0 Å². The Morgan fingerprint density at radius 2 is 2.04 bits per heavy atom. The second kappa shape index (κ2) is 7.88. The molecule has 5 heteroatoms. The number of nitriles is 1. The van der Waals surface area contributed by atoms with E-state index in [1.54, 1.807) is 30.3 Å². The Balaban J connectivity index is 1.67. The number of aromatic nitrogens is 1. The summed E-state index contributed by atoms with van der Waals surface area (Å²) in [5, 5.41) is 12.8. The number of H-pyrrole nitrogens is 1. The highest BCUT2D eigenvalue weighted by molar-refractivity contribution is 5.92. The van der Waals surface area contributed by atoms with Crippen molar-refractivity contribution in [1.29, 1.82) is 5.26 Å². The summed E-state index contributed by atoms with van der Waals surface area (Å²) in [6.07, 6.45) is 3.65. The fourth-order valence-electron chi connectivity index (χ4n) is 3.23. The third kappa shape index (κ3) is 3.90. The first-order valence-electron chi connectivity index (χ1n) is 8.72. The molecule has 3 aromatic rings. The van der Waals surface area contributed by atoms with E-state index in [0.717, 1.165) is 22.2 Å². The highest BCUT2D eigenvalue weighted by Gasteiger charge is 2.13. The van der Waals surface area contributed by atoms with Gasteiger partial charge in [0.1, 0.15) is 5.82 Å². The van der Waals surface area contributed by atoms with Gasteiger partial charge in [-0.2, -0.15) is 5.26 Å². The first-order chi connectivity index (χ1) is 13.0. The van der Waals surface area contributed by atoms with E-state index in [1.807, 2.05) is 19.9 Å². The minimum atomic E-state index is -0.270. The highest BCUT2D eigenvalue weighted by Crippen LogP contribution is 2.27. The Morgan fingerprint density at radius 1 is 1.26 bits per heavy atom. The average Bonchev–Trinajstić information content (AvgIpc) is 3.01. The predicted molar refractivity (Wildman–Crippen MR) is 105 cm³/mol. The van der Waals surface area contributed by atoms with Crippen molar-refractivity contribution in [2.75, 3.05) is 6.54 Å². The molecule has 2 N–H and O–H groups in total. The lowest BCUT2D eigenvalue weighted by Gasteiger charge is -2.05. The molecule has 0 bridgehead atoms. The molecule has 4 nitrogen and oxygen atoms in total. The second-order valence-corrected chi connectivity index (χ2v) is 6.42. The first kappa shape index (κ1) is 18.4. The number of hydrogen-bond donors (Lipinski definition) is 2. The van der Waals surface area contributed by atoms with Gasteiger partial charge in [0.25, 0.3) is 0 Å².